The number of morpholine rings is 1. The number of nitrogens with zero attached hydrogens (tertiary/aromatic N) is 2. The van der Waals surface area contributed by atoms with Gasteiger partial charge in [0.05, 0.1) is 45.7 Å². The summed E-state index contributed by atoms with van der Waals surface area (Å²) in [7, 11) is 0. The maximum atomic E-state index is 7.89. The van der Waals surface area contributed by atoms with E-state index >= 15 is 0 Å². The van der Waals surface area contributed by atoms with Crippen molar-refractivity contribution in [1.29, 1.82) is 0 Å². The molecule has 1 fully saturated rings. The lowest BCUT2D eigenvalue weighted by molar-refractivity contribution is 0.123. The van der Waals surface area contributed by atoms with Crippen LogP contribution < -0.4 is 10.6 Å². The average molecular weight is 190 g/mol. The second kappa shape index (κ2) is 3.62. The SMILES string of the molecule is [2H]c1nc([2H])c(N)c(N2C([2H])([2H])C([2H])([2H])OC([2H])([2H])C2([2H])[2H])c1[2H]. The van der Waals surface area contributed by atoms with E-state index in [4.69, 9.17) is 20.8 Å². The first-order valence-electron chi connectivity index (χ1n) is 8.81. The van der Waals surface area contributed by atoms with Gasteiger partial charge >= 0.3 is 0 Å². The zero-order valence-electron chi connectivity index (χ0n) is 17.4. The summed E-state index contributed by atoms with van der Waals surface area (Å²) in [6.07, 6.45) is -1.56. The van der Waals surface area contributed by atoms with Gasteiger partial charge in [-0.15, -0.1) is 0 Å². The molecule has 0 saturated carbocycles. The number of nitrogens with two attached hydrogens (primary N) is 1. The van der Waals surface area contributed by atoms with E-state index in [0.29, 0.717) is 0 Å². The third kappa shape index (κ3) is 1.72. The zero-order chi connectivity index (χ0) is 18.9. The van der Waals surface area contributed by atoms with Gasteiger partial charge in [0.15, 0.2) is 0 Å². The molecule has 13 heavy (non-hydrogen) atoms. The van der Waals surface area contributed by atoms with Gasteiger partial charge in [-0.05, 0) is 6.04 Å². The first-order valence-corrected chi connectivity index (χ1v) is 3.31. The lowest BCUT2D eigenvalue weighted by Crippen LogP contribution is -2.36. The second-order valence-corrected chi connectivity index (χ2v) is 2.09. The average Bonchev–Trinajstić information content (AvgIpc) is 2.38. The van der Waals surface area contributed by atoms with Crippen molar-refractivity contribution in [1.82, 2.24) is 4.98 Å². The number of rotatable bonds is 1. The van der Waals surface area contributed by atoms with E-state index in [0.717, 1.165) is 0 Å². The van der Waals surface area contributed by atoms with Gasteiger partial charge in [-0.2, -0.15) is 0 Å². The number of ether oxygens (including phenoxy) is 1. The minimum absolute atomic E-state index is 0.0288. The minimum Gasteiger partial charge on any atom is -0.396 e. The third-order valence-corrected chi connectivity index (χ3v) is 1.30. The van der Waals surface area contributed by atoms with E-state index < -0.39 is 55.9 Å². The summed E-state index contributed by atoms with van der Waals surface area (Å²) in [6.45, 7) is -13.3. The van der Waals surface area contributed by atoms with Crippen molar-refractivity contribution in [3.05, 3.63) is 18.4 Å². The van der Waals surface area contributed by atoms with Crippen LogP contribution >= 0.6 is 0 Å². The van der Waals surface area contributed by atoms with Crippen LogP contribution in [0.2, 0.25) is 0 Å². The van der Waals surface area contributed by atoms with E-state index in [1.807, 2.05) is 0 Å². The molecule has 4 nitrogen and oxygen atoms in total. The Labute approximate surface area is 92.8 Å². The smallest absolute Gasteiger partial charge is 0.0863 e. The van der Waals surface area contributed by atoms with Crippen LogP contribution in [0, 0.1) is 0 Å². The fraction of sp³-hybridized carbons (Fsp3) is 0.444. The summed E-state index contributed by atoms with van der Waals surface area (Å²) >= 11 is 0. The maximum Gasteiger partial charge on any atom is 0.0863 e. The fourth-order valence-electron chi connectivity index (χ4n) is 0.768. The summed E-state index contributed by atoms with van der Waals surface area (Å²) in [4.78, 5) is 3.30. The Bertz CT molecular complexity index is 640. The number of pyridine rings is 1. The van der Waals surface area contributed by atoms with Crippen LogP contribution in [0.3, 0.4) is 0 Å². The molecule has 0 spiro atoms. The monoisotopic (exact) mass is 190 g/mol. The summed E-state index contributed by atoms with van der Waals surface area (Å²) in [6, 6.07) is -0.871. The second-order valence-electron chi connectivity index (χ2n) is 2.09. The summed E-state index contributed by atoms with van der Waals surface area (Å²) in [5.74, 6) is 0. The van der Waals surface area contributed by atoms with Crippen LogP contribution in [-0.2, 0) is 4.74 Å². The Morgan fingerprint density at radius 3 is 3.15 bits per heavy atom. The van der Waals surface area contributed by atoms with Crippen LogP contribution in [0.15, 0.2) is 18.4 Å². The van der Waals surface area contributed by atoms with Crippen LogP contribution in [0.25, 0.3) is 0 Å². The Morgan fingerprint density at radius 1 is 1.62 bits per heavy atom. The largest absolute Gasteiger partial charge is 0.396 e. The van der Waals surface area contributed by atoms with Crippen molar-refractivity contribution in [2.45, 2.75) is 0 Å². The molecule has 2 heterocycles. The highest BCUT2D eigenvalue weighted by Gasteiger charge is 2.12. The third-order valence-electron chi connectivity index (χ3n) is 1.30. The van der Waals surface area contributed by atoms with Crippen molar-refractivity contribution in [3.63, 3.8) is 0 Å². The topological polar surface area (TPSA) is 51.4 Å². The van der Waals surface area contributed by atoms with Crippen molar-refractivity contribution < 1.29 is 19.8 Å². The molecule has 1 aromatic rings. The predicted molar refractivity (Wildman–Crippen MR) is 51.7 cm³/mol. The van der Waals surface area contributed by atoms with Gasteiger partial charge in [-0.25, -0.2) is 0 Å². The predicted octanol–water partition coefficient (Wildman–Crippen LogP) is 0.500. The van der Waals surface area contributed by atoms with Crippen LogP contribution in [0.5, 0.6) is 0 Å². The Kier molecular flexibility index (Phi) is 0.665. The molecule has 1 aliphatic heterocycles. The minimum atomic E-state index is -3.32. The fourth-order valence-corrected chi connectivity index (χ4v) is 0.768. The Morgan fingerprint density at radius 2 is 2.38 bits per heavy atom. The van der Waals surface area contributed by atoms with Crippen LogP contribution in [0.1, 0.15) is 15.1 Å². The summed E-state index contributed by atoms with van der Waals surface area (Å²) in [5, 5.41) is 0. The van der Waals surface area contributed by atoms with E-state index in [1.54, 1.807) is 0 Å². The van der Waals surface area contributed by atoms with Crippen molar-refractivity contribution in [2.75, 3.05) is 36.7 Å². The van der Waals surface area contributed by atoms with Gasteiger partial charge in [-0.3, -0.25) is 4.98 Å². The summed E-state index contributed by atoms with van der Waals surface area (Å²) in [5.41, 5.74) is 4.06. The highest BCUT2D eigenvalue weighted by molar-refractivity contribution is 5.66. The molecule has 1 aliphatic rings. The lowest BCUT2D eigenvalue weighted by atomic mass is 10.3. The molecule has 70 valence electrons. The normalized spacial score (nSPS) is 45.2. The van der Waals surface area contributed by atoms with Crippen LogP contribution in [-0.4, -0.2) is 31.1 Å². The standard InChI is InChI=1S/C9H13N3O/c10-8-7-11-2-1-9(8)12-3-5-13-6-4-12/h1-2,7H,3-6,10H2/i1D,2D,3D2,4D2,5D2,6D2,7D. The van der Waals surface area contributed by atoms with Gasteiger partial charge in [-0.1, -0.05) is 0 Å². The van der Waals surface area contributed by atoms with E-state index in [9.17, 15) is 0 Å². The van der Waals surface area contributed by atoms with Crippen LogP contribution in [0.4, 0.5) is 11.4 Å². The van der Waals surface area contributed by atoms with Gasteiger partial charge in [0, 0.05) is 19.2 Å². The molecule has 0 aliphatic carbocycles. The first kappa shape index (κ1) is 2.39. The number of hydrogen-bond donors (Lipinski definition) is 1. The molecule has 0 radical (unpaired) electrons. The molecule has 0 unspecified atom stereocenters. The highest BCUT2D eigenvalue weighted by atomic mass is 16.5. The molecule has 2 rings (SSSR count). The van der Waals surface area contributed by atoms with E-state index in [2.05, 4.69) is 9.72 Å². The highest BCUT2D eigenvalue weighted by Crippen LogP contribution is 2.21. The molecule has 0 amide bonds. The molecule has 1 saturated heterocycles. The van der Waals surface area contributed by atoms with Crippen molar-refractivity contribution >= 4 is 11.4 Å². The molecule has 0 bridgehead atoms. The zero-order valence-corrected chi connectivity index (χ0v) is 6.38. The van der Waals surface area contributed by atoms with E-state index in [-0.39, 0.29) is 4.90 Å². The first-order chi connectivity index (χ1) is 10.6. The Balaban J connectivity index is 2.88. The van der Waals surface area contributed by atoms with E-state index in [1.165, 1.54) is 0 Å². The number of anilines is 2. The molecule has 1 aromatic heterocycles. The number of nitrogen functional groups attached to an aromatic ring is 1. The molecule has 4 heteroatoms. The van der Waals surface area contributed by atoms with Gasteiger partial charge in [0.25, 0.3) is 0 Å². The molecule has 2 N–H and O–H groups in total. The maximum absolute atomic E-state index is 7.89. The molecule has 0 aromatic carbocycles. The number of hydrogen-bond acceptors (Lipinski definition) is 4. The van der Waals surface area contributed by atoms with Crippen molar-refractivity contribution in [2.24, 2.45) is 0 Å². The van der Waals surface area contributed by atoms with Gasteiger partial charge in [0.1, 0.15) is 0 Å². The molecular weight excluding hydrogens is 166 g/mol. The van der Waals surface area contributed by atoms with Crippen molar-refractivity contribution in [3.8, 4) is 0 Å². The quantitative estimate of drug-likeness (QED) is 0.700. The molecular formula is C9H13N3O. The summed E-state index contributed by atoms with van der Waals surface area (Å²) < 4.78 is 89.2. The Hall–Kier alpha value is -1.29. The lowest BCUT2D eigenvalue weighted by Gasteiger charge is -2.29. The van der Waals surface area contributed by atoms with Gasteiger partial charge in [0.2, 0.25) is 0 Å². The molecule has 0 atom stereocenters. The number of aromatic nitrogens is 1. The van der Waals surface area contributed by atoms with Gasteiger partial charge < -0.3 is 15.4 Å².